The van der Waals surface area contributed by atoms with Crippen molar-refractivity contribution in [3.63, 3.8) is 0 Å². The van der Waals surface area contributed by atoms with Crippen molar-refractivity contribution in [1.82, 2.24) is 0 Å². The van der Waals surface area contributed by atoms with Crippen LogP contribution in [0.4, 0.5) is 17.1 Å². The van der Waals surface area contributed by atoms with Crippen LogP contribution < -0.4 is 13.9 Å². The van der Waals surface area contributed by atoms with Crippen molar-refractivity contribution in [3.05, 3.63) is 84.4 Å². The third-order valence-corrected chi connectivity index (χ3v) is 9.02. The highest BCUT2D eigenvalue weighted by atomic mass is 32.2. The van der Waals surface area contributed by atoms with Gasteiger partial charge in [-0.2, -0.15) is 0 Å². The molecule has 1 N–H and O–H groups in total. The first-order valence-electron chi connectivity index (χ1n) is 10.2. The van der Waals surface area contributed by atoms with Crippen molar-refractivity contribution in [3.8, 4) is 0 Å². The Morgan fingerprint density at radius 3 is 2.39 bits per heavy atom. The van der Waals surface area contributed by atoms with E-state index in [1.54, 1.807) is 60.7 Å². The number of anilines is 3. The molecule has 0 radical (unpaired) electrons. The molecule has 0 aliphatic carbocycles. The summed E-state index contributed by atoms with van der Waals surface area (Å²) in [7, 11) is -5.74. The molecule has 0 bridgehead atoms. The smallest absolute Gasteiger partial charge is 0.264 e. The van der Waals surface area contributed by atoms with Gasteiger partial charge in [0.05, 0.1) is 22.0 Å². The van der Waals surface area contributed by atoms with Gasteiger partial charge in [-0.3, -0.25) is 13.4 Å². The average molecular weight is 486 g/mol. The first-order chi connectivity index (χ1) is 15.7. The monoisotopic (exact) mass is 485 g/mol. The van der Waals surface area contributed by atoms with Crippen LogP contribution in [0, 0.1) is 0 Å². The summed E-state index contributed by atoms with van der Waals surface area (Å²) in [6, 6.07) is 21.0. The lowest BCUT2D eigenvalue weighted by atomic mass is 10.1. The third-order valence-electron chi connectivity index (χ3n) is 5.37. The van der Waals surface area contributed by atoms with E-state index in [1.807, 2.05) is 0 Å². The van der Waals surface area contributed by atoms with E-state index < -0.39 is 26.0 Å². The number of para-hydroxylation sites is 1. The van der Waals surface area contributed by atoms with E-state index in [4.69, 9.17) is 0 Å². The summed E-state index contributed by atoms with van der Waals surface area (Å²) in [5.41, 5.74) is 1.52. The second-order valence-corrected chi connectivity index (χ2v) is 11.6. The molecule has 0 aromatic heterocycles. The van der Waals surface area contributed by atoms with Crippen LogP contribution in [-0.4, -0.2) is 42.1 Å². The Labute approximate surface area is 193 Å². The second kappa shape index (κ2) is 8.87. The van der Waals surface area contributed by atoms with Crippen LogP contribution in [0.1, 0.15) is 16.8 Å². The van der Waals surface area contributed by atoms with Gasteiger partial charge in [-0.1, -0.05) is 30.3 Å². The second-order valence-electron chi connectivity index (χ2n) is 7.58. The van der Waals surface area contributed by atoms with Crippen LogP contribution in [-0.2, 0) is 20.0 Å². The van der Waals surface area contributed by atoms with E-state index in [0.29, 0.717) is 30.0 Å². The molecule has 172 valence electrons. The van der Waals surface area contributed by atoms with Gasteiger partial charge < -0.3 is 5.32 Å². The first-order valence-corrected chi connectivity index (χ1v) is 13.3. The molecule has 1 heterocycles. The van der Waals surface area contributed by atoms with E-state index in [1.165, 1.54) is 33.9 Å². The molecule has 0 spiro atoms. The Bertz CT molecular complexity index is 1390. The zero-order chi connectivity index (χ0) is 23.6. The molecular formula is C23H23N3O5S2. The molecule has 33 heavy (non-hydrogen) atoms. The highest BCUT2D eigenvalue weighted by molar-refractivity contribution is 7.93. The number of sulfonamides is 2. The maximum atomic E-state index is 13.0. The van der Waals surface area contributed by atoms with Gasteiger partial charge in [0, 0.05) is 24.8 Å². The van der Waals surface area contributed by atoms with Crippen LogP contribution >= 0.6 is 0 Å². The van der Waals surface area contributed by atoms with Gasteiger partial charge in [-0.05, 0) is 55.0 Å². The van der Waals surface area contributed by atoms with Crippen LogP contribution in [0.2, 0.25) is 0 Å². The summed E-state index contributed by atoms with van der Waals surface area (Å²) in [6.45, 7) is 0.377. The summed E-state index contributed by atoms with van der Waals surface area (Å²) in [4.78, 5) is 12.9. The predicted octanol–water partition coefficient (Wildman–Crippen LogP) is 3.30. The van der Waals surface area contributed by atoms with Crippen molar-refractivity contribution in [2.24, 2.45) is 0 Å². The molecular weight excluding hydrogens is 462 g/mol. The summed E-state index contributed by atoms with van der Waals surface area (Å²) in [6.07, 6.45) is 0.539. The molecule has 1 aliphatic heterocycles. The average Bonchev–Trinajstić information content (AvgIpc) is 3.18. The van der Waals surface area contributed by atoms with Gasteiger partial charge in [-0.25, -0.2) is 16.8 Å². The molecule has 1 aliphatic rings. The number of benzene rings is 3. The Kier molecular flexibility index (Phi) is 6.13. The Hall–Kier alpha value is -3.37. The fraction of sp³-hybridized carbons (Fsp3) is 0.174. The fourth-order valence-corrected chi connectivity index (χ4v) is 6.40. The number of carbonyl (C=O) groups excluding carboxylic acids is 1. The van der Waals surface area contributed by atoms with Crippen molar-refractivity contribution >= 4 is 43.0 Å². The number of nitrogens with one attached hydrogen (secondary N) is 1. The first kappa shape index (κ1) is 22.8. The number of rotatable bonds is 6. The maximum absolute atomic E-state index is 13.0. The van der Waals surface area contributed by atoms with E-state index in [-0.39, 0.29) is 16.2 Å². The highest BCUT2D eigenvalue weighted by Gasteiger charge is 2.29. The van der Waals surface area contributed by atoms with Crippen LogP contribution in [0.5, 0.6) is 0 Å². The number of hydrogen-bond donors (Lipinski definition) is 1. The number of hydrogen-bond acceptors (Lipinski definition) is 5. The Balaban J connectivity index is 1.56. The van der Waals surface area contributed by atoms with Gasteiger partial charge >= 0.3 is 0 Å². The van der Waals surface area contributed by atoms with Crippen LogP contribution in [0.25, 0.3) is 0 Å². The lowest BCUT2D eigenvalue weighted by Gasteiger charge is -2.20. The largest absolute Gasteiger partial charge is 0.322 e. The third kappa shape index (κ3) is 4.71. The molecule has 0 atom stereocenters. The minimum atomic E-state index is -3.84. The summed E-state index contributed by atoms with van der Waals surface area (Å²) >= 11 is 0. The van der Waals surface area contributed by atoms with Crippen LogP contribution in [0.3, 0.4) is 0 Å². The standard InChI is InChI=1S/C23H23N3O5S2/c1-25(20-10-3-2-4-11-20)33(30,31)22-13-6-9-19(17-22)24-23(27)18-8-5-12-21(16-18)26-14-7-15-32(26,28)29/h2-6,8-13,16-17H,7,14-15H2,1H3,(H,24,27). The van der Waals surface area contributed by atoms with E-state index in [2.05, 4.69) is 5.32 Å². The molecule has 4 rings (SSSR count). The van der Waals surface area contributed by atoms with Crippen molar-refractivity contribution in [2.45, 2.75) is 11.3 Å². The van der Waals surface area contributed by atoms with Crippen LogP contribution in [0.15, 0.2) is 83.8 Å². The van der Waals surface area contributed by atoms with Crippen molar-refractivity contribution < 1.29 is 21.6 Å². The molecule has 8 nitrogen and oxygen atoms in total. The van der Waals surface area contributed by atoms with Crippen molar-refractivity contribution in [2.75, 3.05) is 33.3 Å². The SMILES string of the molecule is CN(c1ccccc1)S(=O)(=O)c1cccc(NC(=O)c2cccc(N3CCCS3(=O)=O)c2)c1. The zero-order valence-electron chi connectivity index (χ0n) is 17.9. The topological polar surface area (TPSA) is 104 Å². The zero-order valence-corrected chi connectivity index (χ0v) is 19.5. The van der Waals surface area contributed by atoms with Gasteiger partial charge in [0.2, 0.25) is 10.0 Å². The lowest BCUT2D eigenvalue weighted by molar-refractivity contribution is 0.102. The minimum absolute atomic E-state index is 0.0311. The highest BCUT2D eigenvalue weighted by Crippen LogP contribution is 2.26. The summed E-state index contributed by atoms with van der Waals surface area (Å²) < 4.78 is 52.9. The molecule has 1 amide bonds. The molecule has 0 saturated carbocycles. The number of carbonyl (C=O) groups is 1. The normalized spacial score (nSPS) is 15.2. The van der Waals surface area contributed by atoms with Gasteiger partial charge in [0.1, 0.15) is 0 Å². The maximum Gasteiger partial charge on any atom is 0.264 e. The molecule has 10 heteroatoms. The van der Waals surface area contributed by atoms with Crippen molar-refractivity contribution in [1.29, 1.82) is 0 Å². The lowest BCUT2D eigenvalue weighted by Crippen LogP contribution is -2.26. The summed E-state index contributed by atoms with van der Waals surface area (Å²) in [5, 5.41) is 2.70. The number of amides is 1. The van der Waals surface area contributed by atoms with E-state index in [0.717, 1.165) is 0 Å². The summed E-state index contributed by atoms with van der Waals surface area (Å²) in [5.74, 6) is -0.387. The Morgan fingerprint density at radius 1 is 0.970 bits per heavy atom. The molecule has 0 unspecified atom stereocenters. The molecule has 3 aromatic rings. The van der Waals surface area contributed by atoms with Gasteiger partial charge in [0.15, 0.2) is 0 Å². The number of nitrogens with zero attached hydrogens (tertiary/aromatic N) is 2. The predicted molar refractivity (Wildman–Crippen MR) is 129 cm³/mol. The minimum Gasteiger partial charge on any atom is -0.322 e. The Morgan fingerprint density at radius 2 is 1.70 bits per heavy atom. The van der Waals surface area contributed by atoms with E-state index >= 15 is 0 Å². The molecule has 3 aromatic carbocycles. The molecule has 1 saturated heterocycles. The van der Waals surface area contributed by atoms with E-state index in [9.17, 15) is 21.6 Å². The molecule has 1 fully saturated rings. The van der Waals surface area contributed by atoms with Gasteiger partial charge in [0.25, 0.3) is 15.9 Å². The fourth-order valence-electron chi connectivity index (χ4n) is 3.60. The quantitative estimate of drug-likeness (QED) is 0.577. The van der Waals surface area contributed by atoms with Gasteiger partial charge in [-0.15, -0.1) is 0 Å².